The molecule has 1 heterocycles. The molecule has 1 aromatic carbocycles. The molecule has 0 amide bonds. The van der Waals surface area contributed by atoms with Crippen LogP contribution in [-0.2, 0) is 15.4 Å². The molecule has 0 N–H and O–H groups in total. The van der Waals surface area contributed by atoms with Gasteiger partial charge in [0.25, 0.3) is 11.3 Å². The number of hydrogen-bond donors (Lipinski definition) is 0. The zero-order valence-electron chi connectivity index (χ0n) is 10.9. The highest BCUT2D eigenvalue weighted by Crippen LogP contribution is 2.34. The number of aromatic nitrogens is 2. The molecule has 0 spiro atoms. The molecule has 0 radical (unpaired) electrons. The molecule has 108 valence electrons. The number of hydrogen-bond acceptors (Lipinski definition) is 3. The minimum absolute atomic E-state index is 0.286. The molecule has 20 heavy (non-hydrogen) atoms. The highest BCUT2D eigenvalue weighted by Gasteiger charge is 2.20. The van der Waals surface area contributed by atoms with Crippen LogP contribution in [0.1, 0.15) is 11.3 Å². The van der Waals surface area contributed by atoms with Gasteiger partial charge in [-0.15, -0.1) is 0 Å². The first kappa shape index (κ1) is 15.6. The van der Waals surface area contributed by atoms with Crippen LogP contribution in [0.5, 0.6) is 0 Å². The molecule has 1 aromatic heterocycles. The van der Waals surface area contributed by atoms with E-state index in [1.54, 1.807) is 19.9 Å². The van der Waals surface area contributed by atoms with Crippen LogP contribution in [0.25, 0.3) is 11.3 Å². The number of nitrogens with zero attached hydrogens (tertiary/aromatic N) is 2. The van der Waals surface area contributed by atoms with E-state index in [-0.39, 0.29) is 5.56 Å². The van der Waals surface area contributed by atoms with E-state index in [9.17, 15) is 8.60 Å². The largest absolute Gasteiger partial charge is 0.285 e. The van der Waals surface area contributed by atoms with E-state index in [1.165, 1.54) is 17.3 Å². The van der Waals surface area contributed by atoms with E-state index in [2.05, 4.69) is 21.0 Å². The average molecular weight is 382 g/mol. The maximum atomic E-state index is 14.1. The maximum Gasteiger partial charge on any atom is 0.285 e. The summed E-state index contributed by atoms with van der Waals surface area (Å²) in [5.74, 6) is -0.492. The average Bonchev–Trinajstić information content (AvgIpc) is 2.70. The standard InChI is InChI=1S/C12H11BrClFN2O2S/c1-6-4-8(10(15)5-9(6)14)12-11(13)7(2)17(16-12)20(18)19-3/h4-5H,1-3H3. The van der Waals surface area contributed by atoms with Gasteiger partial charge in [0.05, 0.1) is 17.3 Å². The molecule has 0 saturated heterocycles. The second-order valence-electron chi connectivity index (χ2n) is 4.09. The smallest absolute Gasteiger partial charge is 0.276 e. The summed E-state index contributed by atoms with van der Waals surface area (Å²) >= 11 is 7.46. The fourth-order valence-corrected chi connectivity index (χ4v) is 3.02. The van der Waals surface area contributed by atoms with E-state index in [4.69, 9.17) is 15.8 Å². The molecule has 0 saturated carbocycles. The molecule has 0 bridgehead atoms. The molecule has 1 unspecified atom stereocenters. The van der Waals surface area contributed by atoms with Gasteiger partial charge >= 0.3 is 0 Å². The second kappa shape index (κ2) is 5.93. The lowest BCUT2D eigenvalue weighted by molar-refractivity contribution is 0.434. The second-order valence-corrected chi connectivity index (χ2v) is 6.40. The van der Waals surface area contributed by atoms with Crippen molar-refractivity contribution >= 4 is 38.8 Å². The Balaban J connectivity index is 2.65. The van der Waals surface area contributed by atoms with Gasteiger partial charge in [-0.05, 0) is 47.5 Å². The molecule has 2 aromatic rings. The minimum Gasteiger partial charge on any atom is -0.276 e. The molecular weight excluding hydrogens is 371 g/mol. The van der Waals surface area contributed by atoms with Crippen LogP contribution < -0.4 is 0 Å². The Kier molecular flexibility index (Phi) is 4.63. The molecule has 8 heteroatoms. The molecule has 2 rings (SSSR count). The van der Waals surface area contributed by atoms with Crippen LogP contribution in [0.2, 0.25) is 5.02 Å². The van der Waals surface area contributed by atoms with Gasteiger partial charge < -0.3 is 0 Å². The first-order valence-corrected chi connectivity index (χ1v) is 7.75. The third-order valence-corrected chi connectivity index (χ3v) is 5.07. The lowest BCUT2D eigenvalue weighted by atomic mass is 10.1. The number of halogens is 3. The van der Waals surface area contributed by atoms with Crippen molar-refractivity contribution in [3.05, 3.63) is 38.7 Å². The summed E-state index contributed by atoms with van der Waals surface area (Å²) in [6.07, 6.45) is 0. The summed E-state index contributed by atoms with van der Waals surface area (Å²) in [6, 6.07) is 2.84. The molecule has 0 fully saturated rings. The van der Waals surface area contributed by atoms with Gasteiger partial charge in [0, 0.05) is 10.6 Å². The summed E-state index contributed by atoms with van der Waals surface area (Å²) in [5.41, 5.74) is 1.95. The van der Waals surface area contributed by atoms with Gasteiger partial charge in [0.2, 0.25) is 0 Å². The summed E-state index contributed by atoms with van der Waals surface area (Å²) in [5, 5.41) is 4.49. The third-order valence-electron chi connectivity index (χ3n) is 2.79. The predicted molar refractivity (Wildman–Crippen MR) is 80.4 cm³/mol. The fraction of sp³-hybridized carbons (Fsp3) is 0.250. The maximum absolute atomic E-state index is 14.1. The number of rotatable bonds is 3. The van der Waals surface area contributed by atoms with Gasteiger partial charge in [-0.1, -0.05) is 11.6 Å². The molecule has 0 aliphatic rings. The van der Waals surface area contributed by atoms with Crippen molar-refractivity contribution in [2.24, 2.45) is 0 Å². The summed E-state index contributed by atoms with van der Waals surface area (Å²) in [6.45, 7) is 3.48. The number of benzene rings is 1. The Morgan fingerprint density at radius 1 is 1.45 bits per heavy atom. The Morgan fingerprint density at radius 2 is 2.10 bits per heavy atom. The van der Waals surface area contributed by atoms with Crippen LogP contribution >= 0.6 is 27.5 Å². The molecule has 4 nitrogen and oxygen atoms in total. The predicted octanol–water partition coefficient (Wildman–Crippen LogP) is 3.80. The van der Waals surface area contributed by atoms with Gasteiger partial charge in [0.15, 0.2) is 0 Å². The lowest BCUT2D eigenvalue weighted by Gasteiger charge is -2.04. The monoisotopic (exact) mass is 380 g/mol. The highest BCUT2D eigenvalue weighted by atomic mass is 79.9. The van der Waals surface area contributed by atoms with Crippen LogP contribution in [0.3, 0.4) is 0 Å². The minimum atomic E-state index is -1.75. The summed E-state index contributed by atoms with van der Waals surface area (Å²) < 4.78 is 32.2. The Morgan fingerprint density at radius 3 is 2.70 bits per heavy atom. The van der Waals surface area contributed by atoms with Crippen molar-refractivity contribution in [3.8, 4) is 11.3 Å². The third kappa shape index (κ3) is 2.67. The van der Waals surface area contributed by atoms with E-state index >= 15 is 0 Å². The van der Waals surface area contributed by atoms with Gasteiger partial charge in [-0.2, -0.15) is 9.19 Å². The van der Waals surface area contributed by atoms with E-state index in [0.717, 1.165) is 5.56 Å². The SMILES string of the molecule is COS(=O)n1nc(-c2cc(C)c(Cl)cc2F)c(Br)c1C. The van der Waals surface area contributed by atoms with Crippen molar-refractivity contribution in [2.75, 3.05) is 7.11 Å². The van der Waals surface area contributed by atoms with Crippen molar-refractivity contribution in [1.82, 2.24) is 9.19 Å². The van der Waals surface area contributed by atoms with Crippen molar-refractivity contribution < 1.29 is 12.8 Å². The highest BCUT2D eigenvalue weighted by molar-refractivity contribution is 9.10. The first-order chi connectivity index (χ1) is 9.36. The van der Waals surface area contributed by atoms with Crippen molar-refractivity contribution in [2.45, 2.75) is 13.8 Å². The number of aryl methyl sites for hydroxylation is 1. The van der Waals surface area contributed by atoms with Gasteiger partial charge in [-0.25, -0.2) is 8.60 Å². The van der Waals surface area contributed by atoms with Crippen molar-refractivity contribution in [1.29, 1.82) is 0 Å². The Hall–Kier alpha value is -0.760. The molecular formula is C12H11BrClFN2O2S. The fourth-order valence-electron chi connectivity index (χ4n) is 1.69. The van der Waals surface area contributed by atoms with Gasteiger partial charge in [0.1, 0.15) is 11.5 Å². The lowest BCUT2D eigenvalue weighted by Crippen LogP contribution is -2.09. The zero-order valence-corrected chi connectivity index (χ0v) is 14.1. The van der Waals surface area contributed by atoms with E-state index in [1.807, 2.05) is 0 Å². The topological polar surface area (TPSA) is 44.1 Å². The zero-order chi connectivity index (χ0) is 15.0. The van der Waals surface area contributed by atoms with Gasteiger partial charge in [-0.3, -0.25) is 4.18 Å². The summed E-state index contributed by atoms with van der Waals surface area (Å²) in [4.78, 5) is 0. The Labute approximate surface area is 131 Å². The van der Waals surface area contributed by atoms with Crippen LogP contribution in [0.4, 0.5) is 4.39 Å². The van der Waals surface area contributed by atoms with E-state index in [0.29, 0.717) is 20.9 Å². The molecule has 1 atom stereocenters. The van der Waals surface area contributed by atoms with Crippen LogP contribution in [0.15, 0.2) is 16.6 Å². The Bertz CT molecular complexity index is 705. The summed E-state index contributed by atoms with van der Waals surface area (Å²) in [7, 11) is 1.30. The molecule has 0 aliphatic carbocycles. The van der Waals surface area contributed by atoms with Crippen molar-refractivity contribution in [3.63, 3.8) is 0 Å². The van der Waals surface area contributed by atoms with Crippen LogP contribution in [0, 0.1) is 19.7 Å². The normalized spacial score (nSPS) is 12.7. The molecule has 0 aliphatic heterocycles. The first-order valence-electron chi connectivity index (χ1n) is 5.54. The quantitative estimate of drug-likeness (QED) is 0.812. The van der Waals surface area contributed by atoms with E-state index < -0.39 is 17.1 Å². The van der Waals surface area contributed by atoms with Crippen LogP contribution in [-0.4, -0.2) is 20.5 Å².